The minimum absolute atomic E-state index is 0. The van der Waals surface area contributed by atoms with E-state index in [0.29, 0.717) is 29.9 Å². The van der Waals surface area contributed by atoms with Crippen LogP contribution in [0, 0.1) is 5.92 Å². The first-order valence-electron chi connectivity index (χ1n) is 10.8. The van der Waals surface area contributed by atoms with Gasteiger partial charge in [0.25, 0.3) is 0 Å². The summed E-state index contributed by atoms with van der Waals surface area (Å²) in [7, 11) is 0. The molecule has 4 heterocycles. The number of amides is 1. The van der Waals surface area contributed by atoms with Crippen molar-refractivity contribution in [2.45, 2.75) is 31.3 Å². The summed E-state index contributed by atoms with van der Waals surface area (Å²) in [5, 5.41) is 11.3. The summed E-state index contributed by atoms with van der Waals surface area (Å²) in [4.78, 5) is 22.5. The van der Waals surface area contributed by atoms with Crippen molar-refractivity contribution in [1.82, 2.24) is 20.2 Å². The van der Waals surface area contributed by atoms with Crippen molar-refractivity contribution in [1.29, 1.82) is 0 Å². The number of pyridine rings is 2. The van der Waals surface area contributed by atoms with Crippen LogP contribution in [0.3, 0.4) is 0 Å². The molecule has 5 rings (SSSR count). The molecule has 0 atom stereocenters. The van der Waals surface area contributed by atoms with Crippen LogP contribution in [-0.2, 0) is 4.74 Å². The highest BCUT2D eigenvalue weighted by molar-refractivity contribution is 5.89. The molecule has 10 heteroatoms. The maximum Gasteiger partial charge on any atom is 0.416 e. The molecule has 1 N–H and O–H groups in total. The lowest BCUT2D eigenvalue weighted by atomic mass is 9.78. The Morgan fingerprint density at radius 3 is 2.67 bits per heavy atom. The third-order valence-electron chi connectivity index (χ3n) is 5.99. The van der Waals surface area contributed by atoms with Gasteiger partial charge in [-0.3, -0.25) is 4.90 Å². The number of hydrogen-bond acceptors (Lipinski definition) is 8. The van der Waals surface area contributed by atoms with Gasteiger partial charge in [0.2, 0.25) is 5.88 Å². The Morgan fingerprint density at radius 2 is 1.97 bits per heavy atom. The van der Waals surface area contributed by atoms with E-state index in [0.717, 1.165) is 38.0 Å². The van der Waals surface area contributed by atoms with Gasteiger partial charge in [-0.15, -0.1) is 17.5 Å². The minimum Gasteiger partial charge on any atom is -0.441 e. The lowest BCUT2D eigenvalue weighted by molar-refractivity contribution is 0.0148. The zero-order valence-corrected chi connectivity index (χ0v) is 18.8. The lowest BCUT2D eigenvalue weighted by Gasteiger charge is -2.35. The predicted octanol–water partition coefficient (Wildman–Crippen LogP) is 4.48. The number of aromatic nitrogens is 4. The van der Waals surface area contributed by atoms with Crippen LogP contribution >= 0.6 is 12.4 Å². The summed E-state index contributed by atoms with van der Waals surface area (Å²) in [6.45, 7) is 1.36. The predicted molar refractivity (Wildman–Crippen MR) is 125 cm³/mol. The summed E-state index contributed by atoms with van der Waals surface area (Å²) in [5.74, 6) is 3.02. The molecule has 9 nitrogen and oxygen atoms in total. The Morgan fingerprint density at radius 1 is 1.09 bits per heavy atom. The molecule has 172 valence electrons. The standard InChI is InChI=1S/C23H24N6O3.ClH/c30-22-29(20-4-3-13-27-28-20)16-23(32-22)10-8-17(9-11-23)14-25-19-7-6-18(15-26-19)31-21-5-1-2-12-24-21;/h1-7,12-13,15,17H,8-11,14,16H2,(H,25,26);1H/t17-,23-;. The van der Waals surface area contributed by atoms with Crippen LogP contribution in [0.1, 0.15) is 25.7 Å². The highest BCUT2D eigenvalue weighted by Gasteiger charge is 2.48. The van der Waals surface area contributed by atoms with Crippen LogP contribution < -0.4 is 15.0 Å². The number of ether oxygens (including phenoxy) is 2. The van der Waals surface area contributed by atoms with E-state index in [1.54, 1.807) is 41.7 Å². The van der Waals surface area contributed by atoms with Gasteiger partial charge < -0.3 is 14.8 Å². The molecule has 3 aromatic rings. The van der Waals surface area contributed by atoms with Crippen LogP contribution in [0.15, 0.2) is 61.1 Å². The molecule has 2 fully saturated rings. The van der Waals surface area contributed by atoms with E-state index in [1.165, 1.54) is 0 Å². The highest BCUT2D eigenvalue weighted by Crippen LogP contribution is 2.40. The van der Waals surface area contributed by atoms with Gasteiger partial charge in [-0.2, -0.15) is 5.10 Å². The molecule has 0 aromatic carbocycles. The molecule has 0 radical (unpaired) electrons. The van der Waals surface area contributed by atoms with E-state index in [-0.39, 0.29) is 18.5 Å². The Hall–Kier alpha value is -3.46. The first-order chi connectivity index (χ1) is 15.7. The van der Waals surface area contributed by atoms with Crippen LogP contribution in [0.25, 0.3) is 0 Å². The lowest BCUT2D eigenvalue weighted by Crippen LogP contribution is -2.39. The third-order valence-corrected chi connectivity index (χ3v) is 5.99. The molecule has 1 aliphatic carbocycles. The van der Waals surface area contributed by atoms with Crippen molar-refractivity contribution >= 4 is 30.1 Å². The van der Waals surface area contributed by atoms with E-state index in [1.807, 2.05) is 24.3 Å². The van der Waals surface area contributed by atoms with Crippen LogP contribution in [0.2, 0.25) is 0 Å². The zero-order chi connectivity index (χ0) is 21.8. The Balaban J connectivity index is 0.00000259. The molecule has 1 saturated carbocycles. The van der Waals surface area contributed by atoms with Gasteiger partial charge >= 0.3 is 6.09 Å². The van der Waals surface area contributed by atoms with E-state index < -0.39 is 5.60 Å². The fourth-order valence-electron chi connectivity index (χ4n) is 4.23. The maximum absolute atomic E-state index is 12.4. The quantitative estimate of drug-likeness (QED) is 0.565. The van der Waals surface area contributed by atoms with Gasteiger partial charge in [-0.1, -0.05) is 6.07 Å². The third kappa shape index (κ3) is 5.31. The SMILES string of the molecule is Cl.O=C1O[C@]2(CC[C@H](CNc3ccc(Oc4ccccn4)cn3)CC2)CN1c1cccnn1. The molecular weight excluding hydrogens is 444 g/mol. The number of halogens is 1. The molecule has 0 unspecified atom stereocenters. The molecule has 1 amide bonds. The number of carbonyl (C=O) groups excluding carboxylic acids is 1. The number of carbonyl (C=O) groups is 1. The largest absolute Gasteiger partial charge is 0.441 e. The summed E-state index contributed by atoms with van der Waals surface area (Å²) < 4.78 is 11.5. The van der Waals surface area contributed by atoms with Gasteiger partial charge in [0.05, 0.1) is 12.7 Å². The Labute approximate surface area is 198 Å². The second-order valence-corrected chi connectivity index (χ2v) is 8.19. The van der Waals surface area contributed by atoms with Crippen molar-refractivity contribution < 1.29 is 14.3 Å². The molecule has 3 aromatic heterocycles. The van der Waals surface area contributed by atoms with E-state index >= 15 is 0 Å². The summed E-state index contributed by atoms with van der Waals surface area (Å²) in [6, 6.07) is 12.8. The molecule has 1 aliphatic heterocycles. The first-order valence-corrected chi connectivity index (χ1v) is 10.8. The van der Waals surface area contributed by atoms with Crippen LogP contribution in [-0.4, -0.2) is 44.9 Å². The van der Waals surface area contributed by atoms with Gasteiger partial charge in [-0.05, 0) is 61.9 Å². The molecule has 1 saturated heterocycles. The fourth-order valence-corrected chi connectivity index (χ4v) is 4.23. The molecule has 0 bridgehead atoms. The summed E-state index contributed by atoms with van der Waals surface area (Å²) in [5.41, 5.74) is -0.423. The highest BCUT2D eigenvalue weighted by atomic mass is 35.5. The molecule has 33 heavy (non-hydrogen) atoms. The van der Waals surface area contributed by atoms with Crippen molar-refractivity contribution in [2.75, 3.05) is 23.3 Å². The van der Waals surface area contributed by atoms with Gasteiger partial charge in [0.15, 0.2) is 5.82 Å². The molecule has 1 spiro atoms. The van der Waals surface area contributed by atoms with Gasteiger partial charge in [0, 0.05) is 25.0 Å². The van der Waals surface area contributed by atoms with Crippen molar-refractivity contribution in [3.05, 3.63) is 61.1 Å². The summed E-state index contributed by atoms with van der Waals surface area (Å²) in [6.07, 6.45) is 8.27. The second-order valence-electron chi connectivity index (χ2n) is 8.19. The monoisotopic (exact) mass is 468 g/mol. The average molecular weight is 469 g/mol. The van der Waals surface area contributed by atoms with Crippen molar-refractivity contribution in [2.24, 2.45) is 5.92 Å². The normalized spacial score (nSPS) is 21.9. The molecule has 2 aliphatic rings. The van der Waals surface area contributed by atoms with Crippen LogP contribution in [0.4, 0.5) is 16.4 Å². The van der Waals surface area contributed by atoms with Gasteiger partial charge in [-0.25, -0.2) is 14.8 Å². The van der Waals surface area contributed by atoms with E-state index in [2.05, 4.69) is 25.5 Å². The summed E-state index contributed by atoms with van der Waals surface area (Å²) >= 11 is 0. The van der Waals surface area contributed by atoms with E-state index in [4.69, 9.17) is 9.47 Å². The first kappa shape index (κ1) is 22.7. The molecular formula is C23H25ClN6O3. The number of nitrogens with zero attached hydrogens (tertiary/aromatic N) is 5. The van der Waals surface area contributed by atoms with Crippen molar-refractivity contribution in [3.8, 4) is 11.6 Å². The van der Waals surface area contributed by atoms with E-state index in [9.17, 15) is 4.79 Å². The minimum atomic E-state index is -0.423. The number of hydrogen-bond donors (Lipinski definition) is 1. The second kappa shape index (κ2) is 9.99. The smallest absolute Gasteiger partial charge is 0.416 e. The topological polar surface area (TPSA) is 102 Å². The maximum atomic E-state index is 12.4. The average Bonchev–Trinajstić information content (AvgIpc) is 3.16. The van der Waals surface area contributed by atoms with Gasteiger partial charge in [0.1, 0.15) is 17.2 Å². The zero-order valence-electron chi connectivity index (χ0n) is 18.0. The fraction of sp³-hybridized carbons (Fsp3) is 0.348. The van der Waals surface area contributed by atoms with Crippen molar-refractivity contribution in [3.63, 3.8) is 0 Å². The van der Waals surface area contributed by atoms with Crippen LogP contribution in [0.5, 0.6) is 11.6 Å². The Kier molecular flexibility index (Phi) is 6.88. The number of anilines is 2. The number of rotatable bonds is 6. The number of nitrogens with one attached hydrogen (secondary N) is 1. The Bertz CT molecular complexity index is 1050.